The lowest BCUT2D eigenvalue weighted by Crippen LogP contribution is -2.23. The van der Waals surface area contributed by atoms with Crippen LogP contribution in [-0.2, 0) is 6.42 Å². The molecule has 0 fully saturated rings. The number of carbonyl (C=O) groups is 1. The molecular weight excluding hydrogens is 216 g/mol. The molecule has 1 aromatic carbocycles. The standard InChI is InChI=1S/C14H18O3/c1-14(2)6-4-5-9-7-11(15)12(17-3)8-10(9)13(14)16/h7-8,15H,4-6H2,1-3H3. The molecule has 1 aliphatic rings. The Bertz CT molecular complexity index is 461. The van der Waals surface area contributed by atoms with Gasteiger partial charge in [0.15, 0.2) is 17.3 Å². The fraction of sp³-hybridized carbons (Fsp3) is 0.500. The predicted molar refractivity (Wildman–Crippen MR) is 65.7 cm³/mol. The van der Waals surface area contributed by atoms with Gasteiger partial charge in [0.25, 0.3) is 0 Å². The summed E-state index contributed by atoms with van der Waals surface area (Å²) in [5.41, 5.74) is 1.30. The van der Waals surface area contributed by atoms with Crippen LogP contribution in [0.15, 0.2) is 12.1 Å². The Labute approximate surface area is 101 Å². The number of fused-ring (bicyclic) bond motifs is 1. The molecule has 1 aliphatic carbocycles. The van der Waals surface area contributed by atoms with E-state index in [4.69, 9.17) is 4.74 Å². The number of benzene rings is 1. The second kappa shape index (κ2) is 4.06. The van der Waals surface area contributed by atoms with E-state index < -0.39 is 0 Å². The van der Waals surface area contributed by atoms with E-state index in [1.165, 1.54) is 7.11 Å². The number of aromatic hydroxyl groups is 1. The highest BCUT2D eigenvalue weighted by Crippen LogP contribution is 2.38. The Morgan fingerprint density at radius 1 is 1.35 bits per heavy atom. The summed E-state index contributed by atoms with van der Waals surface area (Å²) in [4.78, 5) is 12.4. The van der Waals surface area contributed by atoms with Crippen LogP contribution in [0.1, 0.15) is 42.6 Å². The summed E-state index contributed by atoms with van der Waals surface area (Å²) in [6, 6.07) is 3.33. The van der Waals surface area contributed by atoms with Crippen molar-refractivity contribution >= 4 is 5.78 Å². The van der Waals surface area contributed by atoms with Gasteiger partial charge in [0.1, 0.15) is 0 Å². The maximum atomic E-state index is 12.4. The van der Waals surface area contributed by atoms with Gasteiger partial charge in [-0.2, -0.15) is 0 Å². The van der Waals surface area contributed by atoms with Gasteiger partial charge in [-0.05, 0) is 37.0 Å². The monoisotopic (exact) mass is 234 g/mol. The van der Waals surface area contributed by atoms with E-state index in [-0.39, 0.29) is 16.9 Å². The molecule has 1 N–H and O–H groups in total. The van der Waals surface area contributed by atoms with Crippen molar-refractivity contribution in [2.45, 2.75) is 33.1 Å². The second-order valence-corrected chi connectivity index (χ2v) is 5.25. The van der Waals surface area contributed by atoms with Crippen molar-refractivity contribution in [3.05, 3.63) is 23.3 Å². The van der Waals surface area contributed by atoms with Gasteiger partial charge in [-0.3, -0.25) is 4.79 Å². The van der Waals surface area contributed by atoms with Gasteiger partial charge in [-0.15, -0.1) is 0 Å². The predicted octanol–water partition coefficient (Wildman–Crippen LogP) is 2.95. The summed E-state index contributed by atoms with van der Waals surface area (Å²) >= 11 is 0. The maximum Gasteiger partial charge on any atom is 0.168 e. The molecule has 92 valence electrons. The van der Waals surface area contributed by atoms with Crippen LogP contribution in [0.3, 0.4) is 0 Å². The highest BCUT2D eigenvalue weighted by molar-refractivity contribution is 6.02. The normalized spacial score (nSPS) is 18.4. The average Bonchev–Trinajstić information content (AvgIpc) is 2.37. The minimum atomic E-state index is -0.326. The zero-order chi connectivity index (χ0) is 12.6. The number of phenols is 1. The summed E-state index contributed by atoms with van der Waals surface area (Å²) in [6.45, 7) is 3.95. The molecule has 0 unspecified atom stereocenters. The van der Waals surface area contributed by atoms with Crippen LogP contribution in [0.5, 0.6) is 11.5 Å². The van der Waals surface area contributed by atoms with Gasteiger partial charge in [-0.25, -0.2) is 0 Å². The fourth-order valence-electron chi connectivity index (χ4n) is 2.39. The number of carbonyl (C=O) groups excluding carboxylic acids is 1. The Morgan fingerprint density at radius 2 is 2.06 bits per heavy atom. The Hall–Kier alpha value is -1.51. The van der Waals surface area contributed by atoms with Gasteiger partial charge < -0.3 is 9.84 Å². The van der Waals surface area contributed by atoms with Gasteiger partial charge in [0.2, 0.25) is 0 Å². The third-order valence-corrected chi connectivity index (χ3v) is 3.51. The van der Waals surface area contributed by atoms with Crippen LogP contribution in [-0.4, -0.2) is 18.0 Å². The molecule has 0 atom stereocenters. The molecular formula is C14H18O3. The molecule has 3 nitrogen and oxygen atoms in total. The van der Waals surface area contributed by atoms with Crippen LogP contribution in [0.2, 0.25) is 0 Å². The largest absolute Gasteiger partial charge is 0.504 e. The van der Waals surface area contributed by atoms with Crippen molar-refractivity contribution in [2.24, 2.45) is 5.41 Å². The number of aryl methyl sites for hydroxylation is 1. The Kier molecular flexibility index (Phi) is 2.86. The molecule has 17 heavy (non-hydrogen) atoms. The van der Waals surface area contributed by atoms with Crippen molar-refractivity contribution in [1.82, 2.24) is 0 Å². The molecule has 0 bridgehead atoms. The van der Waals surface area contributed by atoms with Crippen LogP contribution in [0, 0.1) is 5.41 Å². The van der Waals surface area contributed by atoms with Crippen LogP contribution >= 0.6 is 0 Å². The van der Waals surface area contributed by atoms with Gasteiger partial charge in [-0.1, -0.05) is 13.8 Å². The molecule has 0 saturated heterocycles. The number of Topliss-reactive ketones (excluding diaryl/α,β-unsaturated/α-hetero) is 1. The minimum absolute atomic E-state index is 0.110. The van der Waals surface area contributed by atoms with Crippen LogP contribution in [0.4, 0.5) is 0 Å². The maximum absolute atomic E-state index is 12.4. The highest BCUT2D eigenvalue weighted by Gasteiger charge is 2.32. The van der Waals surface area contributed by atoms with Crippen molar-refractivity contribution in [2.75, 3.05) is 7.11 Å². The first-order valence-corrected chi connectivity index (χ1v) is 5.90. The van der Waals surface area contributed by atoms with E-state index in [1.807, 2.05) is 13.8 Å². The summed E-state index contributed by atoms with van der Waals surface area (Å²) in [5, 5.41) is 9.74. The van der Waals surface area contributed by atoms with E-state index >= 15 is 0 Å². The van der Waals surface area contributed by atoms with Crippen molar-refractivity contribution in [3.63, 3.8) is 0 Å². The number of methoxy groups -OCH3 is 1. The third-order valence-electron chi connectivity index (χ3n) is 3.51. The topological polar surface area (TPSA) is 46.5 Å². The zero-order valence-corrected chi connectivity index (χ0v) is 10.5. The average molecular weight is 234 g/mol. The van der Waals surface area contributed by atoms with Crippen molar-refractivity contribution in [3.8, 4) is 11.5 Å². The number of phenolic OH excluding ortho intramolecular Hbond substituents is 1. The van der Waals surface area contributed by atoms with Gasteiger partial charge in [0, 0.05) is 11.0 Å². The van der Waals surface area contributed by atoms with Crippen molar-refractivity contribution in [1.29, 1.82) is 0 Å². The first kappa shape index (κ1) is 12.0. The van der Waals surface area contributed by atoms with Gasteiger partial charge in [0.05, 0.1) is 7.11 Å². The van der Waals surface area contributed by atoms with Crippen LogP contribution < -0.4 is 4.74 Å². The molecule has 2 rings (SSSR count). The first-order valence-electron chi connectivity index (χ1n) is 5.90. The number of rotatable bonds is 1. The number of hydrogen-bond acceptors (Lipinski definition) is 3. The SMILES string of the molecule is COc1cc2c(cc1O)CCCC(C)(C)C2=O. The molecule has 0 aromatic heterocycles. The Balaban J connectivity index is 2.57. The Morgan fingerprint density at radius 3 is 2.71 bits per heavy atom. The molecule has 3 heteroatoms. The zero-order valence-electron chi connectivity index (χ0n) is 10.5. The summed E-state index contributed by atoms with van der Waals surface area (Å²) in [6.07, 6.45) is 2.68. The minimum Gasteiger partial charge on any atom is -0.504 e. The van der Waals surface area contributed by atoms with E-state index in [0.29, 0.717) is 11.3 Å². The molecule has 0 saturated carbocycles. The lowest BCUT2D eigenvalue weighted by atomic mass is 9.82. The summed E-state index contributed by atoms with van der Waals surface area (Å²) in [7, 11) is 1.49. The first-order chi connectivity index (χ1) is 7.95. The van der Waals surface area contributed by atoms with E-state index in [1.54, 1.807) is 12.1 Å². The molecule has 0 radical (unpaired) electrons. The molecule has 0 spiro atoms. The third kappa shape index (κ3) is 2.02. The molecule has 1 aromatic rings. The lowest BCUT2D eigenvalue weighted by Gasteiger charge is -2.21. The molecule has 0 amide bonds. The van der Waals surface area contributed by atoms with Gasteiger partial charge >= 0.3 is 0 Å². The van der Waals surface area contributed by atoms with E-state index in [0.717, 1.165) is 24.8 Å². The van der Waals surface area contributed by atoms with E-state index in [2.05, 4.69) is 0 Å². The summed E-state index contributed by atoms with van der Waals surface area (Å²) < 4.78 is 5.07. The fourth-order valence-corrected chi connectivity index (χ4v) is 2.39. The second-order valence-electron chi connectivity index (χ2n) is 5.25. The number of ether oxygens (including phenoxy) is 1. The highest BCUT2D eigenvalue weighted by atomic mass is 16.5. The summed E-state index contributed by atoms with van der Waals surface area (Å²) in [5.74, 6) is 0.622. The number of ketones is 1. The van der Waals surface area contributed by atoms with Crippen LogP contribution in [0.25, 0.3) is 0 Å². The van der Waals surface area contributed by atoms with Crippen molar-refractivity contribution < 1.29 is 14.6 Å². The van der Waals surface area contributed by atoms with E-state index in [9.17, 15) is 9.90 Å². The smallest absolute Gasteiger partial charge is 0.168 e. The molecule has 0 heterocycles. The lowest BCUT2D eigenvalue weighted by molar-refractivity contribution is 0.0830. The quantitative estimate of drug-likeness (QED) is 0.760. The number of hydrogen-bond donors (Lipinski definition) is 1. The molecule has 0 aliphatic heterocycles.